The minimum Gasteiger partial charge on any atom is -0.348 e. The molecule has 110 valence electrons. The maximum Gasteiger partial charge on any atom is 0.254 e. The first-order chi connectivity index (χ1) is 9.06. The van der Waals surface area contributed by atoms with Crippen molar-refractivity contribution >= 4 is 29.9 Å². The molecule has 2 rings (SSSR count). The predicted molar refractivity (Wildman–Crippen MR) is 76.7 cm³/mol. The molecule has 1 atom stereocenters. The normalized spacial score (nSPS) is 17.2. The number of hydrogen-bond acceptors (Lipinski definition) is 3. The molecule has 20 heavy (non-hydrogen) atoms. The summed E-state index contributed by atoms with van der Waals surface area (Å²) in [4.78, 5) is 22.9. The lowest BCUT2D eigenvalue weighted by atomic mass is 10.1. The maximum atomic E-state index is 13.6. The van der Waals surface area contributed by atoms with Crippen LogP contribution in [0.4, 0.5) is 10.1 Å². The zero-order valence-corrected chi connectivity index (χ0v) is 11.8. The van der Waals surface area contributed by atoms with E-state index in [1.807, 2.05) is 0 Å². The molecule has 1 heterocycles. The van der Waals surface area contributed by atoms with Crippen molar-refractivity contribution in [3.8, 4) is 0 Å². The van der Waals surface area contributed by atoms with Crippen LogP contribution in [-0.2, 0) is 4.79 Å². The Bertz CT molecular complexity index is 504. The van der Waals surface area contributed by atoms with Crippen LogP contribution in [-0.4, -0.2) is 30.9 Å². The van der Waals surface area contributed by atoms with Crippen molar-refractivity contribution < 1.29 is 14.0 Å². The van der Waals surface area contributed by atoms with E-state index in [9.17, 15) is 14.0 Å². The second-order valence-corrected chi connectivity index (χ2v) is 4.54. The Hall–Kier alpha value is -1.66. The second kappa shape index (κ2) is 7.21. The molecule has 1 fully saturated rings. The summed E-state index contributed by atoms with van der Waals surface area (Å²) in [5.74, 6) is -1.33. The van der Waals surface area contributed by atoms with Crippen molar-refractivity contribution in [3.63, 3.8) is 0 Å². The Labute approximate surface area is 122 Å². The van der Waals surface area contributed by atoms with E-state index in [0.29, 0.717) is 12.2 Å². The molecular formula is C13H17ClFN3O2. The Morgan fingerprint density at radius 3 is 2.75 bits per heavy atom. The highest BCUT2D eigenvalue weighted by Crippen LogP contribution is 2.15. The summed E-state index contributed by atoms with van der Waals surface area (Å²) in [7, 11) is 0. The summed E-state index contributed by atoms with van der Waals surface area (Å²) in [6.07, 6.45) is 0.832. The van der Waals surface area contributed by atoms with Gasteiger partial charge in [0.05, 0.1) is 5.56 Å². The van der Waals surface area contributed by atoms with Crippen LogP contribution in [0.3, 0.4) is 0 Å². The number of anilines is 1. The van der Waals surface area contributed by atoms with Gasteiger partial charge in [0, 0.05) is 25.2 Å². The van der Waals surface area contributed by atoms with Gasteiger partial charge < -0.3 is 16.0 Å². The maximum absolute atomic E-state index is 13.6. The van der Waals surface area contributed by atoms with Crippen LogP contribution in [0.15, 0.2) is 18.2 Å². The van der Waals surface area contributed by atoms with Crippen LogP contribution in [0.25, 0.3) is 0 Å². The summed E-state index contributed by atoms with van der Waals surface area (Å²) in [5.41, 5.74) is 0.349. The van der Waals surface area contributed by atoms with Crippen LogP contribution >= 0.6 is 12.4 Å². The number of hydrogen-bond donors (Lipinski definition) is 3. The van der Waals surface area contributed by atoms with Crippen LogP contribution in [0.5, 0.6) is 0 Å². The van der Waals surface area contributed by atoms with Gasteiger partial charge in [0.2, 0.25) is 5.91 Å². The number of carbonyl (C=O) groups excluding carboxylic acids is 2. The first-order valence-corrected chi connectivity index (χ1v) is 6.15. The third-order valence-electron chi connectivity index (χ3n) is 2.93. The van der Waals surface area contributed by atoms with Crippen LogP contribution < -0.4 is 16.0 Å². The topological polar surface area (TPSA) is 70.2 Å². The highest BCUT2D eigenvalue weighted by molar-refractivity contribution is 5.97. The van der Waals surface area contributed by atoms with Crippen molar-refractivity contribution in [1.29, 1.82) is 0 Å². The fourth-order valence-electron chi connectivity index (χ4n) is 2.02. The summed E-state index contributed by atoms with van der Waals surface area (Å²) < 4.78 is 13.6. The van der Waals surface area contributed by atoms with Gasteiger partial charge in [-0.2, -0.15) is 0 Å². The fourth-order valence-corrected chi connectivity index (χ4v) is 2.02. The summed E-state index contributed by atoms with van der Waals surface area (Å²) >= 11 is 0. The lowest BCUT2D eigenvalue weighted by Gasteiger charge is -2.12. The van der Waals surface area contributed by atoms with Gasteiger partial charge in [-0.05, 0) is 31.2 Å². The third-order valence-corrected chi connectivity index (χ3v) is 2.93. The smallest absolute Gasteiger partial charge is 0.254 e. The zero-order valence-electron chi connectivity index (χ0n) is 11.0. The number of halogens is 2. The molecular weight excluding hydrogens is 285 g/mol. The molecule has 1 aliphatic rings. The SMILES string of the molecule is CC(=O)Nc1ccc(F)c(C(=O)NC2CCNC2)c1.Cl. The van der Waals surface area contributed by atoms with Gasteiger partial charge in [0.1, 0.15) is 5.82 Å². The van der Waals surface area contributed by atoms with E-state index in [0.717, 1.165) is 13.0 Å². The van der Waals surface area contributed by atoms with E-state index in [1.54, 1.807) is 0 Å². The molecule has 1 aromatic carbocycles. The van der Waals surface area contributed by atoms with Gasteiger partial charge in [-0.15, -0.1) is 12.4 Å². The molecule has 0 aliphatic carbocycles. The average Bonchev–Trinajstić information content (AvgIpc) is 2.83. The van der Waals surface area contributed by atoms with E-state index < -0.39 is 11.7 Å². The first-order valence-electron chi connectivity index (χ1n) is 6.15. The largest absolute Gasteiger partial charge is 0.348 e. The predicted octanol–water partition coefficient (Wildman–Crippen LogP) is 1.30. The van der Waals surface area contributed by atoms with Crippen molar-refractivity contribution in [2.75, 3.05) is 18.4 Å². The fraction of sp³-hybridized carbons (Fsp3) is 0.385. The third kappa shape index (κ3) is 4.18. The Morgan fingerprint density at radius 1 is 1.40 bits per heavy atom. The summed E-state index contributed by atoms with van der Waals surface area (Å²) in [6, 6.07) is 3.96. The molecule has 1 aliphatic heterocycles. The number of benzene rings is 1. The summed E-state index contributed by atoms with van der Waals surface area (Å²) in [5, 5.41) is 8.40. The molecule has 1 saturated heterocycles. The van der Waals surface area contributed by atoms with Gasteiger partial charge >= 0.3 is 0 Å². The van der Waals surface area contributed by atoms with E-state index >= 15 is 0 Å². The molecule has 0 bridgehead atoms. The second-order valence-electron chi connectivity index (χ2n) is 4.54. The minimum absolute atomic E-state index is 0. The molecule has 1 unspecified atom stereocenters. The molecule has 1 aromatic rings. The highest BCUT2D eigenvalue weighted by Gasteiger charge is 2.19. The van der Waals surface area contributed by atoms with Gasteiger partial charge in [0.15, 0.2) is 0 Å². The van der Waals surface area contributed by atoms with Crippen molar-refractivity contribution in [2.45, 2.75) is 19.4 Å². The van der Waals surface area contributed by atoms with Gasteiger partial charge in [0.25, 0.3) is 5.91 Å². The van der Waals surface area contributed by atoms with Crippen molar-refractivity contribution in [2.24, 2.45) is 0 Å². The van der Waals surface area contributed by atoms with E-state index in [2.05, 4.69) is 16.0 Å². The van der Waals surface area contributed by atoms with Crippen LogP contribution in [0.1, 0.15) is 23.7 Å². The standard InChI is InChI=1S/C13H16FN3O2.ClH/c1-8(18)16-9-2-3-12(14)11(6-9)13(19)17-10-4-5-15-7-10;/h2-3,6,10,15H,4-5,7H2,1H3,(H,16,18)(H,17,19);1H. The molecule has 3 N–H and O–H groups in total. The van der Waals surface area contributed by atoms with Crippen molar-refractivity contribution in [3.05, 3.63) is 29.6 Å². The monoisotopic (exact) mass is 301 g/mol. The first kappa shape index (κ1) is 16.4. The number of rotatable bonds is 3. The Morgan fingerprint density at radius 2 is 2.15 bits per heavy atom. The van der Waals surface area contributed by atoms with E-state index in [-0.39, 0.29) is 29.9 Å². The average molecular weight is 302 g/mol. The van der Waals surface area contributed by atoms with Gasteiger partial charge in [-0.3, -0.25) is 9.59 Å². The minimum atomic E-state index is -0.599. The molecule has 0 spiro atoms. The van der Waals surface area contributed by atoms with Crippen LogP contribution in [0, 0.1) is 5.82 Å². The molecule has 0 aromatic heterocycles. The number of carbonyl (C=O) groups is 2. The quantitative estimate of drug-likeness (QED) is 0.788. The molecule has 5 nitrogen and oxygen atoms in total. The number of nitrogens with one attached hydrogen (secondary N) is 3. The van der Waals surface area contributed by atoms with Gasteiger partial charge in [-0.25, -0.2) is 4.39 Å². The molecule has 7 heteroatoms. The van der Waals surface area contributed by atoms with E-state index in [4.69, 9.17) is 0 Å². The molecule has 2 amide bonds. The highest BCUT2D eigenvalue weighted by atomic mass is 35.5. The Balaban J connectivity index is 0.00000200. The zero-order chi connectivity index (χ0) is 13.8. The lowest BCUT2D eigenvalue weighted by molar-refractivity contribution is -0.114. The van der Waals surface area contributed by atoms with Crippen molar-refractivity contribution in [1.82, 2.24) is 10.6 Å². The van der Waals surface area contributed by atoms with Gasteiger partial charge in [-0.1, -0.05) is 0 Å². The molecule has 0 radical (unpaired) electrons. The lowest BCUT2D eigenvalue weighted by Crippen LogP contribution is -2.36. The molecule has 0 saturated carbocycles. The Kier molecular flexibility index (Phi) is 5.91. The number of amides is 2. The summed E-state index contributed by atoms with van der Waals surface area (Å²) in [6.45, 7) is 2.89. The van der Waals surface area contributed by atoms with Crippen LogP contribution in [0.2, 0.25) is 0 Å². The van der Waals surface area contributed by atoms with E-state index in [1.165, 1.54) is 25.1 Å².